The highest BCUT2D eigenvalue weighted by atomic mass is 16.5. The lowest BCUT2D eigenvalue weighted by molar-refractivity contribution is -0.118. The van der Waals surface area contributed by atoms with Crippen LogP contribution in [0, 0.1) is 0 Å². The van der Waals surface area contributed by atoms with Gasteiger partial charge in [0.1, 0.15) is 17.1 Å². The van der Waals surface area contributed by atoms with E-state index in [2.05, 4.69) is 40.8 Å². The molecule has 0 unspecified atom stereocenters. The number of hydrogen-bond acceptors (Lipinski definition) is 4. The highest BCUT2D eigenvalue weighted by Crippen LogP contribution is 2.24. The summed E-state index contributed by atoms with van der Waals surface area (Å²) in [6.45, 7) is 3.40. The molecule has 2 aromatic heterocycles. The Morgan fingerprint density at radius 1 is 0.941 bits per heavy atom. The van der Waals surface area contributed by atoms with Crippen LogP contribution in [0.3, 0.4) is 0 Å². The number of aromatic nitrogens is 2. The van der Waals surface area contributed by atoms with E-state index in [1.54, 1.807) is 6.20 Å². The second kappa shape index (κ2) is 11.4. The van der Waals surface area contributed by atoms with E-state index in [1.807, 2.05) is 48.0 Å². The Morgan fingerprint density at radius 2 is 1.62 bits per heavy atom. The molecule has 2 heterocycles. The molecule has 0 saturated carbocycles. The lowest BCUT2D eigenvalue weighted by Crippen LogP contribution is -2.22. The average molecular weight is 458 g/mol. The van der Waals surface area contributed by atoms with E-state index in [4.69, 9.17) is 9.47 Å². The first-order chi connectivity index (χ1) is 16.6. The first-order valence-corrected chi connectivity index (χ1v) is 11.7. The van der Waals surface area contributed by atoms with E-state index >= 15 is 0 Å². The zero-order valence-corrected chi connectivity index (χ0v) is 19.8. The normalized spacial score (nSPS) is 10.9. The number of carbonyl (C=O) groups excluding carboxylic acids is 1. The van der Waals surface area contributed by atoms with E-state index in [0.717, 1.165) is 47.4 Å². The molecule has 0 bridgehead atoms. The minimum Gasteiger partial charge on any atom is -0.494 e. The first kappa shape index (κ1) is 23.4. The summed E-state index contributed by atoms with van der Waals surface area (Å²) in [5.74, 6) is 1.62. The number of benzene rings is 2. The molecule has 0 spiro atoms. The zero-order valence-electron chi connectivity index (χ0n) is 19.8. The van der Waals surface area contributed by atoms with Crippen molar-refractivity contribution >= 4 is 16.9 Å². The topological polar surface area (TPSA) is 65.4 Å². The number of unbranched alkanes of at least 4 members (excludes halogenated alkanes) is 1. The fraction of sp³-hybridized carbons (Fsp3) is 0.286. The van der Waals surface area contributed by atoms with Gasteiger partial charge in [-0.1, -0.05) is 42.5 Å². The van der Waals surface area contributed by atoms with E-state index in [-0.39, 0.29) is 5.91 Å². The fourth-order valence-electron chi connectivity index (χ4n) is 3.93. The predicted octanol–water partition coefficient (Wildman–Crippen LogP) is 5.16. The van der Waals surface area contributed by atoms with Gasteiger partial charge in [-0.25, -0.2) is 4.98 Å². The van der Waals surface area contributed by atoms with Gasteiger partial charge in [0, 0.05) is 32.1 Å². The molecule has 0 fully saturated rings. The van der Waals surface area contributed by atoms with Gasteiger partial charge in [-0.15, -0.1) is 0 Å². The lowest BCUT2D eigenvalue weighted by atomic mass is 10.1. The molecule has 0 atom stereocenters. The third kappa shape index (κ3) is 6.16. The summed E-state index contributed by atoms with van der Waals surface area (Å²) in [4.78, 5) is 15.7. The summed E-state index contributed by atoms with van der Waals surface area (Å²) in [6, 6.07) is 20.6. The number of nitrogens with one attached hydrogen (secondary N) is 1. The van der Waals surface area contributed by atoms with Gasteiger partial charge in [0.25, 0.3) is 0 Å². The van der Waals surface area contributed by atoms with Crippen molar-refractivity contribution in [1.29, 1.82) is 0 Å². The molecule has 4 aromatic rings. The van der Waals surface area contributed by atoms with Crippen molar-refractivity contribution in [3.05, 3.63) is 78.6 Å². The third-order valence-electron chi connectivity index (χ3n) is 5.68. The van der Waals surface area contributed by atoms with Crippen LogP contribution in [-0.4, -0.2) is 35.2 Å². The average Bonchev–Trinajstić information content (AvgIpc) is 3.16. The monoisotopic (exact) mass is 457 g/mol. The molecule has 6 heteroatoms. The van der Waals surface area contributed by atoms with Crippen LogP contribution in [0.1, 0.15) is 25.3 Å². The zero-order chi connectivity index (χ0) is 23.8. The molecule has 0 saturated heterocycles. The summed E-state index contributed by atoms with van der Waals surface area (Å²) in [7, 11) is 1.98. The molecule has 6 nitrogen and oxygen atoms in total. The standard InChI is InChI=1S/C28H31N3O3/c1-21(32)29-15-14-24-20-31(2)28-27(24)18-26(19-30-28)34-17-7-6-16-33-25-12-10-23(11-13-25)22-8-4-3-5-9-22/h3-5,8-13,18-20H,6-7,14-17H2,1-2H3,(H,29,32). The van der Waals surface area contributed by atoms with Gasteiger partial charge in [-0.2, -0.15) is 0 Å². The molecule has 4 rings (SSSR count). The number of amides is 1. The number of hydrogen-bond donors (Lipinski definition) is 1. The van der Waals surface area contributed by atoms with Crippen LogP contribution in [0.4, 0.5) is 0 Å². The summed E-state index contributed by atoms with van der Waals surface area (Å²) in [6.07, 6.45) is 6.39. The van der Waals surface area contributed by atoms with Gasteiger partial charge in [0.15, 0.2) is 0 Å². The summed E-state index contributed by atoms with van der Waals surface area (Å²) in [5, 5.41) is 3.91. The van der Waals surface area contributed by atoms with Crippen LogP contribution >= 0.6 is 0 Å². The number of fused-ring (bicyclic) bond motifs is 1. The number of rotatable bonds is 11. The molecule has 1 N–H and O–H groups in total. The van der Waals surface area contributed by atoms with E-state index < -0.39 is 0 Å². The first-order valence-electron chi connectivity index (χ1n) is 11.7. The third-order valence-corrected chi connectivity index (χ3v) is 5.68. The number of aryl methyl sites for hydroxylation is 1. The highest BCUT2D eigenvalue weighted by molar-refractivity contribution is 5.82. The van der Waals surface area contributed by atoms with Crippen molar-refractivity contribution in [2.24, 2.45) is 7.05 Å². The number of nitrogens with zero attached hydrogens (tertiary/aromatic N) is 2. The Morgan fingerprint density at radius 3 is 2.32 bits per heavy atom. The minimum atomic E-state index is -0.0180. The molecule has 1 amide bonds. The summed E-state index contributed by atoms with van der Waals surface area (Å²) in [5.41, 5.74) is 4.45. The molecule has 176 valence electrons. The molecule has 0 aliphatic rings. The van der Waals surface area contributed by atoms with Gasteiger partial charge < -0.3 is 19.4 Å². The molecule has 34 heavy (non-hydrogen) atoms. The van der Waals surface area contributed by atoms with Gasteiger partial charge >= 0.3 is 0 Å². The molecule has 2 aromatic carbocycles. The predicted molar refractivity (Wildman–Crippen MR) is 135 cm³/mol. The van der Waals surface area contributed by atoms with E-state index in [0.29, 0.717) is 19.8 Å². The Hall–Kier alpha value is -3.80. The van der Waals surface area contributed by atoms with Crippen LogP contribution in [0.2, 0.25) is 0 Å². The maximum atomic E-state index is 11.1. The number of ether oxygens (including phenoxy) is 2. The van der Waals surface area contributed by atoms with Gasteiger partial charge in [0.05, 0.1) is 19.4 Å². The minimum absolute atomic E-state index is 0.0180. The lowest BCUT2D eigenvalue weighted by Gasteiger charge is -2.09. The van der Waals surface area contributed by atoms with Crippen LogP contribution in [-0.2, 0) is 18.3 Å². The number of carbonyl (C=O) groups is 1. The van der Waals surface area contributed by atoms with Crippen molar-refractivity contribution in [1.82, 2.24) is 14.9 Å². The maximum Gasteiger partial charge on any atom is 0.216 e. The second-order valence-corrected chi connectivity index (χ2v) is 8.33. The molecular weight excluding hydrogens is 426 g/mol. The van der Waals surface area contributed by atoms with Crippen molar-refractivity contribution < 1.29 is 14.3 Å². The van der Waals surface area contributed by atoms with Crippen LogP contribution in [0.15, 0.2) is 73.1 Å². The Labute approximate surface area is 200 Å². The summed E-state index contributed by atoms with van der Waals surface area (Å²) < 4.78 is 13.8. The fourth-order valence-corrected chi connectivity index (χ4v) is 3.93. The van der Waals surface area contributed by atoms with Crippen LogP contribution in [0.25, 0.3) is 22.2 Å². The SMILES string of the molecule is CC(=O)NCCc1cn(C)c2ncc(OCCCCOc3ccc(-c4ccccc4)cc3)cc12. The molecule has 0 radical (unpaired) electrons. The Balaban J connectivity index is 1.21. The van der Waals surface area contributed by atoms with Crippen LogP contribution < -0.4 is 14.8 Å². The Kier molecular flexibility index (Phi) is 7.81. The van der Waals surface area contributed by atoms with Crippen LogP contribution in [0.5, 0.6) is 11.5 Å². The largest absolute Gasteiger partial charge is 0.494 e. The van der Waals surface area contributed by atoms with E-state index in [1.165, 1.54) is 18.1 Å². The van der Waals surface area contributed by atoms with Gasteiger partial charge in [-0.3, -0.25) is 4.79 Å². The second-order valence-electron chi connectivity index (χ2n) is 8.33. The quantitative estimate of drug-likeness (QED) is 0.316. The molecule has 0 aliphatic heterocycles. The molecular formula is C28H31N3O3. The highest BCUT2D eigenvalue weighted by Gasteiger charge is 2.09. The Bertz CT molecular complexity index is 1220. The maximum absolute atomic E-state index is 11.1. The smallest absolute Gasteiger partial charge is 0.216 e. The van der Waals surface area contributed by atoms with Gasteiger partial charge in [-0.05, 0) is 54.2 Å². The molecule has 0 aliphatic carbocycles. The van der Waals surface area contributed by atoms with Crippen molar-refractivity contribution in [2.75, 3.05) is 19.8 Å². The van der Waals surface area contributed by atoms with Crippen molar-refractivity contribution in [3.8, 4) is 22.6 Å². The van der Waals surface area contributed by atoms with Crippen molar-refractivity contribution in [2.45, 2.75) is 26.2 Å². The van der Waals surface area contributed by atoms with E-state index in [9.17, 15) is 4.79 Å². The number of pyridine rings is 1. The van der Waals surface area contributed by atoms with Gasteiger partial charge in [0.2, 0.25) is 5.91 Å². The summed E-state index contributed by atoms with van der Waals surface area (Å²) >= 11 is 0. The van der Waals surface area contributed by atoms with Crippen molar-refractivity contribution in [3.63, 3.8) is 0 Å².